The van der Waals surface area contributed by atoms with Crippen molar-refractivity contribution in [3.63, 3.8) is 0 Å². The smallest absolute Gasteiger partial charge is 0.338 e. The van der Waals surface area contributed by atoms with E-state index in [1.54, 1.807) is 26.8 Å². The minimum Gasteiger partial charge on any atom is -0.462 e. The van der Waals surface area contributed by atoms with Gasteiger partial charge in [-0.15, -0.1) is 4.91 Å². The number of nitroso groups, excluding NO2 is 1. The van der Waals surface area contributed by atoms with E-state index in [2.05, 4.69) is 31.2 Å². The number of nitrogens with zero attached hydrogens (tertiary/aromatic N) is 1. The molecule has 2 aliphatic rings. The number of rotatable bonds is 6. The number of hydrogen-bond acceptors (Lipinski definition) is 4. The fourth-order valence-electron chi connectivity index (χ4n) is 2.89. The van der Waals surface area contributed by atoms with E-state index in [0.29, 0.717) is 18.1 Å². The molecule has 0 spiro atoms. The van der Waals surface area contributed by atoms with Crippen LogP contribution in [0.15, 0.2) is 35.5 Å². The maximum absolute atomic E-state index is 12.5. The third-order valence-electron chi connectivity index (χ3n) is 4.45. The predicted molar refractivity (Wildman–Crippen MR) is 107 cm³/mol. The van der Waals surface area contributed by atoms with Gasteiger partial charge in [0.05, 0.1) is 12.2 Å². The summed E-state index contributed by atoms with van der Waals surface area (Å²) in [6, 6.07) is 8.11. The van der Waals surface area contributed by atoms with E-state index in [1.165, 1.54) is 5.56 Å². The van der Waals surface area contributed by atoms with Crippen LogP contribution in [0.25, 0.3) is 17.2 Å². The van der Waals surface area contributed by atoms with E-state index < -0.39 is 5.54 Å². The van der Waals surface area contributed by atoms with Gasteiger partial charge in [-0.1, -0.05) is 49.4 Å². The summed E-state index contributed by atoms with van der Waals surface area (Å²) in [4.78, 5) is 23.5. The first-order valence-electron chi connectivity index (χ1n) is 8.98. The Hall–Kier alpha value is -2.49. The van der Waals surface area contributed by atoms with Crippen LogP contribution < -0.4 is 0 Å². The van der Waals surface area contributed by atoms with Crippen LogP contribution in [0, 0.1) is 11.8 Å². The third kappa shape index (κ3) is 4.18. The first-order chi connectivity index (χ1) is 12.2. The molecule has 4 heteroatoms. The van der Waals surface area contributed by atoms with Gasteiger partial charge in [-0.25, -0.2) is 4.79 Å². The van der Waals surface area contributed by atoms with Crippen molar-refractivity contribution >= 4 is 12.0 Å². The number of fused-ring (bicyclic) bond motifs is 1. The lowest BCUT2D eigenvalue weighted by molar-refractivity contribution is 0.0527. The van der Waals surface area contributed by atoms with E-state index in [1.807, 2.05) is 25.1 Å². The molecule has 0 N–H and O–H groups in total. The molecular formula is C22H27NO3. The van der Waals surface area contributed by atoms with Crippen molar-refractivity contribution < 1.29 is 9.53 Å². The molecular weight excluding hydrogens is 326 g/mol. The first-order valence-corrected chi connectivity index (χ1v) is 8.98. The lowest BCUT2D eigenvalue weighted by Gasteiger charge is -2.08. The Labute approximate surface area is 155 Å². The Balaban J connectivity index is 2.73. The average molecular weight is 353 g/mol. The lowest BCUT2D eigenvalue weighted by atomic mass is 9.99. The highest BCUT2D eigenvalue weighted by Gasteiger charge is 2.23. The number of ether oxygens (including phenoxy) is 1. The van der Waals surface area contributed by atoms with Gasteiger partial charge in [0.2, 0.25) is 0 Å². The zero-order chi connectivity index (χ0) is 19.5. The Bertz CT molecular complexity index is 819. The Morgan fingerprint density at radius 2 is 1.96 bits per heavy atom. The number of carbonyl (C=O) groups excluding carboxylic acids is 1. The number of esters is 1. The Morgan fingerprint density at radius 3 is 2.54 bits per heavy atom. The predicted octanol–water partition coefficient (Wildman–Crippen LogP) is 5.96. The van der Waals surface area contributed by atoms with Crippen LogP contribution in [0.5, 0.6) is 0 Å². The molecule has 0 amide bonds. The highest BCUT2D eigenvalue weighted by molar-refractivity contribution is 6.02. The van der Waals surface area contributed by atoms with Gasteiger partial charge in [0.1, 0.15) is 5.54 Å². The summed E-state index contributed by atoms with van der Waals surface area (Å²) in [6.45, 7) is 11.9. The van der Waals surface area contributed by atoms with Crippen LogP contribution in [0.3, 0.4) is 0 Å². The lowest BCUT2D eigenvalue weighted by Crippen LogP contribution is -2.10. The molecule has 0 aromatic heterocycles. The molecule has 26 heavy (non-hydrogen) atoms. The molecule has 0 heterocycles. The largest absolute Gasteiger partial charge is 0.462 e. The van der Waals surface area contributed by atoms with Crippen molar-refractivity contribution in [2.45, 2.75) is 53.0 Å². The topological polar surface area (TPSA) is 55.7 Å². The van der Waals surface area contributed by atoms with Crippen molar-refractivity contribution in [2.75, 3.05) is 6.61 Å². The molecule has 4 nitrogen and oxygen atoms in total. The quantitative estimate of drug-likeness (QED) is 0.476. The molecule has 0 unspecified atom stereocenters. The zero-order valence-corrected chi connectivity index (χ0v) is 16.4. The molecule has 0 radical (unpaired) electrons. The normalized spacial score (nSPS) is 12.1. The highest BCUT2D eigenvalue weighted by atomic mass is 16.5. The number of hydrogen-bond donors (Lipinski definition) is 0. The monoisotopic (exact) mass is 353 g/mol. The van der Waals surface area contributed by atoms with Crippen LogP contribution >= 0.6 is 0 Å². The standard InChI is InChI=1S/C22H27NO3/c1-7-26-21(24)19-13-17(10-11-22(5,6)23-25)18-12-16(14(2)3)9-8-15(4)20(18)19/h8-14H,7H2,1-6H3. The minimum atomic E-state index is -0.805. The summed E-state index contributed by atoms with van der Waals surface area (Å²) >= 11 is 0. The van der Waals surface area contributed by atoms with Crippen molar-refractivity contribution in [3.8, 4) is 11.1 Å². The molecule has 0 saturated heterocycles. The minimum absolute atomic E-state index is 0.327. The second-order valence-electron chi connectivity index (χ2n) is 7.42. The van der Waals surface area contributed by atoms with E-state index in [9.17, 15) is 9.70 Å². The van der Waals surface area contributed by atoms with Gasteiger partial charge in [-0.3, -0.25) is 0 Å². The highest BCUT2D eigenvalue weighted by Crippen LogP contribution is 2.38. The van der Waals surface area contributed by atoms with Crippen LogP contribution in [0.2, 0.25) is 0 Å². The summed E-state index contributed by atoms with van der Waals surface area (Å²) in [7, 11) is 0. The fraction of sp³-hybridized carbons (Fsp3) is 0.409. The second kappa shape index (κ2) is 7.81. The molecule has 0 fully saturated rings. The van der Waals surface area contributed by atoms with Gasteiger partial charge in [0, 0.05) is 0 Å². The molecule has 2 aliphatic carbocycles. The van der Waals surface area contributed by atoms with Crippen LogP contribution in [-0.4, -0.2) is 18.1 Å². The molecule has 0 aromatic rings. The van der Waals surface area contributed by atoms with Gasteiger partial charge in [-0.05, 0) is 67.5 Å². The summed E-state index contributed by atoms with van der Waals surface area (Å²) in [5, 5.41) is 3.13. The zero-order valence-electron chi connectivity index (χ0n) is 16.4. The van der Waals surface area contributed by atoms with Crippen molar-refractivity contribution in [2.24, 2.45) is 5.18 Å². The summed E-state index contributed by atoms with van der Waals surface area (Å²) < 4.78 is 5.25. The van der Waals surface area contributed by atoms with Crippen LogP contribution in [0.1, 0.15) is 67.6 Å². The molecule has 138 valence electrons. The Kier molecular flexibility index (Phi) is 5.96. The molecule has 0 saturated carbocycles. The van der Waals surface area contributed by atoms with Crippen molar-refractivity contribution in [1.82, 2.24) is 0 Å². The fourth-order valence-corrected chi connectivity index (χ4v) is 2.89. The SMILES string of the molecule is CCOC(=O)c1cc(C=CC(C)(C)N=O)c2cc(C(C)C)ccc(C)c1-2. The van der Waals surface area contributed by atoms with Gasteiger partial charge in [0.15, 0.2) is 0 Å². The van der Waals surface area contributed by atoms with Gasteiger partial charge < -0.3 is 4.74 Å². The number of carbonyl (C=O) groups is 1. The molecule has 0 aromatic carbocycles. The second-order valence-corrected chi connectivity index (χ2v) is 7.42. The van der Waals surface area contributed by atoms with E-state index in [-0.39, 0.29) is 5.97 Å². The van der Waals surface area contributed by atoms with Gasteiger partial charge >= 0.3 is 5.97 Å². The molecule has 0 aliphatic heterocycles. The summed E-state index contributed by atoms with van der Waals surface area (Å²) in [6.07, 6.45) is 3.64. The number of aryl methyl sites for hydroxylation is 1. The van der Waals surface area contributed by atoms with Crippen molar-refractivity contribution in [1.29, 1.82) is 0 Å². The first kappa shape index (κ1) is 19.8. The van der Waals surface area contributed by atoms with Gasteiger partial charge in [0.25, 0.3) is 0 Å². The molecule has 2 rings (SSSR count). The summed E-state index contributed by atoms with van der Waals surface area (Å²) in [5.41, 5.74) is 4.72. The van der Waals surface area contributed by atoms with Crippen LogP contribution in [-0.2, 0) is 4.74 Å². The third-order valence-corrected chi connectivity index (χ3v) is 4.45. The summed E-state index contributed by atoms with van der Waals surface area (Å²) in [5.74, 6) is 0.0289. The molecule has 0 atom stereocenters. The Morgan fingerprint density at radius 1 is 1.27 bits per heavy atom. The maximum atomic E-state index is 12.5. The van der Waals surface area contributed by atoms with E-state index in [4.69, 9.17) is 4.74 Å². The van der Waals surface area contributed by atoms with E-state index >= 15 is 0 Å². The van der Waals surface area contributed by atoms with Crippen LogP contribution in [0.4, 0.5) is 0 Å². The van der Waals surface area contributed by atoms with Gasteiger partial charge in [-0.2, -0.15) is 0 Å². The maximum Gasteiger partial charge on any atom is 0.338 e. The van der Waals surface area contributed by atoms with E-state index in [0.717, 1.165) is 22.3 Å². The molecule has 0 bridgehead atoms. The average Bonchev–Trinajstić information content (AvgIpc) is 2.85. The van der Waals surface area contributed by atoms with Crippen molar-refractivity contribution in [3.05, 3.63) is 57.5 Å².